The van der Waals surface area contributed by atoms with Crippen molar-refractivity contribution in [2.75, 3.05) is 25.8 Å². The molecule has 2 aromatic rings. The molecule has 9 nitrogen and oxygen atoms in total. The van der Waals surface area contributed by atoms with E-state index < -0.39 is 16.1 Å². The van der Waals surface area contributed by atoms with Gasteiger partial charge in [-0.15, -0.1) is 11.8 Å². The Morgan fingerprint density at radius 2 is 1.72 bits per heavy atom. The minimum atomic E-state index is -4.05. The Kier molecular flexibility index (Phi) is 6.04. The van der Waals surface area contributed by atoms with E-state index in [0.717, 1.165) is 0 Å². The van der Waals surface area contributed by atoms with Crippen LogP contribution in [0.5, 0.6) is 11.8 Å². The Balaban J connectivity index is 2.19. The van der Waals surface area contributed by atoms with Crippen molar-refractivity contribution >= 4 is 33.8 Å². The van der Waals surface area contributed by atoms with Gasteiger partial charge in [0.25, 0.3) is 10.0 Å². The van der Waals surface area contributed by atoms with Crippen LogP contribution >= 0.6 is 11.8 Å². The molecule has 0 saturated carbocycles. The number of carbonyl (C=O) groups excluding carboxylic acids is 1. The molecule has 0 saturated heterocycles. The van der Waals surface area contributed by atoms with Crippen molar-refractivity contribution in [3.8, 4) is 11.8 Å². The molecular weight excluding hydrogens is 368 g/mol. The second-order valence-electron chi connectivity index (χ2n) is 4.49. The second kappa shape index (κ2) is 8.03. The maximum atomic E-state index is 12.4. The molecule has 2 N–H and O–H groups in total. The van der Waals surface area contributed by atoms with Gasteiger partial charge in [0.15, 0.2) is 0 Å². The van der Waals surface area contributed by atoms with Gasteiger partial charge in [0.05, 0.1) is 20.3 Å². The summed E-state index contributed by atoms with van der Waals surface area (Å²) in [5.41, 5.74) is 0. The molecule has 0 fully saturated rings. The number of hydrogen-bond acceptors (Lipinski definition) is 8. The number of benzene rings is 1. The minimum Gasteiger partial charge on any atom is -0.481 e. The van der Waals surface area contributed by atoms with E-state index in [2.05, 4.69) is 15.3 Å². The number of urea groups is 1. The van der Waals surface area contributed by atoms with Crippen molar-refractivity contribution in [3.63, 3.8) is 0 Å². The number of sulfonamides is 1. The molecule has 0 aliphatic rings. The van der Waals surface area contributed by atoms with Crippen LogP contribution in [0.2, 0.25) is 0 Å². The van der Waals surface area contributed by atoms with Crippen LogP contribution < -0.4 is 19.5 Å². The molecule has 0 bridgehead atoms. The molecule has 0 atom stereocenters. The van der Waals surface area contributed by atoms with Crippen LogP contribution in [0.3, 0.4) is 0 Å². The Hall–Kier alpha value is -2.53. The summed E-state index contributed by atoms with van der Waals surface area (Å²) in [5, 5.41) is 2.24. The summed E-state index contributed by atoms with van der Waals surface area (Å²) in [6.45, 7) is 0. The SMILES string of the molecule is COc1cc(OC)nc(NC(=O)NS(=O)(=O)c2ccccc2SC)n1. The summed E-state index contributed by atoms with van der Waals surface area (Å²) in [4.78, 5) is 20.3. The third-order valence-electron chi connectivity index (χ3n) is 2.91. The normalized spacial score (nSPS) is 10.8. The highest BCUT2D eigenvalue weighted by Crippen LogP contribution is 2.24. The maximum absolute atomic E-state index is 12.4. The van der Waals surface area contributed by atoms with Crippen molar-refractivity contribution in [1.29, 1.82) is 0 Å². The van der Waals surface area contributed by atoms with Crippen LogP contribution in [0, 0.1) is 0 Å². The molecule has 2 rings (SSSR count). The summed E-state index contributed by atoms with van der Waals surface area (Å²) in [6.07, 6.45) is 1.74. The second-order valence-corrected chi connectivity index (χ2v) is 6.99. The van der Waals surface area contributed by atoms with Crippen LogP contribution in [0.4, 0.5) is 10.7 Å². The summed E-state index contributed by atoms with van der Waals surface area (Å²) in [6, 6.07) is 6.74. The fourth-order valence-corrected chi connectivity index (χ4v) is 3.87. The summed E-state index contributed by atoms with van der Waals surface area (Å²) in [7, 11) is -1.29. The number of amides is 2. The van der Waals surface area contributed by atoms with Gasteiger partial charge < -0.3 is 9.47 Å². The van der Waals surface area contributed by atoms with Gasteiger partial charge in [0, 0.05) is 4.90 Å². The van der Waals surface area contributed by atoms with Gasteiger partial charge in [-0.25, -0.2) is 17.9 Å². The highest BCUT2D eigenvalue weighted by atomic mass is 32.2. The fraction of sp³-hybridized carbons (Fsp3) is 0.214. The van der Waals surface area contributed by atoms with E-state index in [0.29, 0.717) is 4.90 Å². The molecule has 1 aromatic carbocycles. The number of methoxy groups -OCH3 is 2. The Morgan fingerprint density at radius 1 is 1.12 bits per heavy atom. The van der Waals surface area contributed by atoms with E-state index in [4.69, 9.17) is 9.47 Å². The van der Waals surface area contributed by atoms with Crippen LogP contribution in [0.25, 0.3) is 0 Å². The lowest BCUT2D eigenvalue weighted by molar-refractivity contribution is 0.256. The zero-order valence-corrected chi connectivity index (χ0v) is 15.3. The standard InChI is InChI=1S/C14H16N4O5S2/c1-22-11-8-12(23-2)16-13(15-11)17-14(19)18-25(20,21)10-7-5-4-6-9(10)24-3/h4-8H,1-3H3,(H2,15,16,17,18,19). The Bertz CT molecular complexity index is 851. The predicted octanol–water partition coefficient (Wildman–Crippen LogP) is 1.73. The number of carbonyl (C=O) groups is 1. The van der Waals surface area contributed by atoms with Crippen molar-refractivity contribution < 1.29 is 22.7 Å². The largest absolute Gasteiger partial charge is 0.481 e. The van der Waals surface area contributed by atoms with Gasteiger partial charge in [-0.2, -0.15) is 9.97 Å². The zero-order valence-electron chi connectivity index (χ0n) is 13.6. The highest BCUT2D eigenvalue weighted by Gasteiger charge is 2.21. The van der Waals surface area contributed by atoms with Gasteiger partial charge in [-0.1, -0.05) is 12.1 Å². The number of hydrogen-bond donors (Lipinski definition) is 2. The van der Waals surface area contributed by atoms with Crippen molar-refractivity contribution in [2.45, 2.75) is 9.79 Å². The number of rotatable bonds is 6. The fourth-order valence-electron chi connectivity index (χ4n) is 1.81. The molecule has 1 heterocycles. The number of thioether (sulfide) groups is 1. The molecule has 0 radical (unpaired) electrons. The van der Waals surface area contributed by atoms with E-state index in [1.54, 1.807) is 24.5 Å². The van der Waals surface area contributed by atoms with Crippen LogP contribution in [-0.4, -0.2) is 44.9 Å². The molecule has 25 heavy (non-hydrogen) atoms. The first-order valence-corrected chi connectivity index (χ1v) is 9.54. The molecule has 134 valence electrons. The van der Waals surface area contributed by atoms with Gasteiger partial charge >= 0.3 is 6.03 Å². The highest BCUT2D eigenvalue weighted by molar-refractivity contribution is 7.99. The van der Waals surface area contributed by atoms with Crippen LogP contribution in [0.1, 0.15) is 0 Å². The topological polar surface area (TPSA) is 120 Å². The number of anilines is 1. The smallest absolute Gasteiger partial charge is 0.335 e. The van der Waals surface area contributed by atoms with E-state index in [-0.39, 0.29) is 22.6 Å². The molecule has 0 unspecified atom stereocenters. The number of nitrogens with one attached hydrogen (secondary N) is 2. The molecule has 0 aliphatic carbocycles. The van der Waals surface area contributed by atoms with E-state index in [9.17, 15) is 13.2 Å². The molecule has 2 amide bonds. The third kappa shape index (κ3) is 4.73. The minimum absolute atomic E-state index is 0.00166. The Morgan fingerprint density at radius 3 is 2.28 bits per heavy atom. The van der Waals surface area contributed by atoms with Crippen molar-refractivity contribution in [1.82, 2.24) is 14.7 Å². The first kappa shape index (κ1) is 18.8. The van der Waals surface area contributed by atoms with Gasteiger partial charge in [-0.3, -0.25) is 5.32 Å². The summed E-state index contributed by atoms with van der Waals surface area (Å²) >= 11 is 1.25. The van der Waals surface area contributed by atoms with Gasteiger partial charge in [0.2, 0.25) is 17.7 Å². The van der Waals surface area contributed by atoms with Gasteiger partial charge in [0.1, 0.15) is 4.90 Å². The van der Waals surface area contributed by atoms with Crippen molar-refractivity contribution in [2.24, 2.45) is 0 Å². The van der Waals surface area contributed by atoms with Crippen LogP contribution in [-0.2, 0) is 10.0 Å². The monoisotopic (exact) mass is 384 g/mol. The first-order chi connectivity index (χ1) is 11.9. The molecule has 0 aliphatic heterocycles. The summed E-state index contributed by atoms with van der Waals surface area (Å²) < 4.78 is 36.6. The lowest BCUT2D eigenvalue weighted by Crippen LogP contribution is -2.35. The quantitative estimate of drug-likeness (QED) is 0.723. The molecule has 1 aromatic heterocycles. The average Bonchev–Trinajstić information content (AvgIpc) is 2.60. The van der Waals surface area contributed by atoms with E-state index in [1.807, 2.05) is 4.72 Å². The van der Waals surface area contributed by atoms with Crippen LogP contribution in [0.15, 0.2) is 40.1 Å². The molecule has 0 spiro atoms. The first-order valence-electron chi connectivity index (χ1n) is 6.83. The van der Waals surface area contributed by atoms with Crippen molar-refractivity contribution in [3.05, 3.63) is 30.3 Å². The lowest BCUT2D eigenvalue weighted by Gasteiger charge is -2.11. The van der Waals surface area contributed by atoms with E-state index in [1.165, 1.54) is 38.1 Å². The number of nitrogens with zero attached hydrogens (tertiary/aromatic N) is 2. The lowest BCUT2D eigenvalue weighted by atomic mass is 10.4. The Labute approximate surface area is 149 Å². The number of aromatic nitrogens is 2. The summed E-state index contributed by atoms with van der Waals surface area (Å²) in [5.74, 6) is 0.137. The number of ether oxygens (including phenoxy) is 2. The van der Waals surface area contributed by atoms with Gasteiger partial charge in [-0.05, 0) is 18.4 Å². The maximum Gasteiger partial charge on any atom is 0.335 e. The zero-order chi connectivity index (χ0) is 18.4. The molecular formula is C14H16N4O5S2. The average molecular weight is 384 g/mol. The molecule has 11 heteroatoms. The third-order valence-corrected chi connectivity index (χ3v) is 5.22. The predicted molar refractivity (Wildman–Crippen MR) is 92.7 cm³/mol. The van der Waals surface area contributed by atoms with E-state index >= 15 is 0 Å².